The first kappa shape index (κ1) is 14.6. The van der Waals surface area contributed by atoms with Crippen LogP contribution in [0.1, 0.15) is 13.8 Å². The van der Waals surface area contributed by atoms with Crippen LogP contribution in [-0.4, -0.2) is 40.7 Å². The summed E-state index contributed by atoms with van der Waals surface area (Å²) in [4.78, 5) is 21.7. The SMILES string of the molecule is C=CC(=O)NC(C)(C)C(C(=O)O)S(=O)(=O)O. The van der Waals surface area contributed by atoms with Gasteiger partial charge >= 0.3 is 5.97 Å². The number of carboxylic acids is 1. The summed E-state index contributed by atoms with van der Waals surface area (Å²) in [6.45, 7) is 5.47. The Balaban J connectivity index is 5.30. The number of carbonyl (C=O) groups excluding carboxylic acids is 1. The number of nitrogens with one attached hydrogen (secondary N) is 1. The van der Waals surface area contributed by atoms with E-state index in [2.05, 4.69) is 11.9 Å². The molecule has 0 bridgehead atoms. The second-order valence-electron chi connectivity index (χ2n) is 3.65. The van der Waals surface area contributed by atoms with Gasteiger partial charge in [-0.05, 0) is 19.9 Å². The highest BCUT2D eigenvalue weighted by atomic mass is 32.2. The second kappa shape index (κ2) is 4.62. The van der Waals surface area contributed by atoms with Gasteiger partial charge in [0.1, 0.15) is 0 Å². The van der Waals surface area contributed by atoms with Crippen LogP contribution in [0.15, 0.2) is 12.7 Å². The van der Waals surface area contributed by atoms with Gasteiger partial charge in [0.2, 0.25) is 11.2 Å². The summed E-state index contributed by atoms with van der Waals surface area (Å²) in [7, 11) is -4.82. The van der Waals surface area contributed by atoms with Crippen LogP contribution in [-0.2, 0) is 19.7 Å². The number of carbonyl (C=O) groups is 2. The van der Waals surface area contributed by atoms with E-state index in [1.165, 1.54) is 13.8 Å². The highest BCUT2D eigenvalue weighted by Gasteiger charge is 2.45. The van der Waals surface area contributed by atoms with Gasteiger partial charge in [0.25, 0.3) is 10.1 Å². The fraction of sp³-hybridized carbons (Fsp3) is 0.500. The van der Waals surface area contributed by atoms with E-state index in [0.29, 0.717) is 0 Å². The van der Waals surface area contributed by atoms with Crippen molar-refractivity contribution >= 4 is 22.0 Å². The molecule has 0 heterocycles. The first-order valence-corrected chi connectivity index (χ1v) is 5.66. The fourth-order valence-electron chi connectivity index (χ4n) is 1.24. The van der Waals surface area contributed by atoms with Gasteiger partial charge in [0.05, 0.1) is 5.54 Å². The molecule has 0 aliphatic heterocycles. The van der Waals surface area contributed by atoms with E-state index in [4.69, 9.17) is 9.66 Å². The summed E-state index contributed by atoms with van der Waals surface area (Å²) in [5, 5.41) is 8.68. The topological polar surface area (TPSA) is 121 Å². The maximum absolute atomic E-state index is 11.0. The normalized spacial score (nSPS) is 13.9. The van der Waals surface area contributed by atoms with Crippen LogP contribution in [0.2, 0.25) is 0 Å². The lowest BCUT2D eigenvalue weighted by Gasteiger charge is -2.29. The molecule has 0 aliphatic carbocycles. The predicted molar refractivity (Wildman–Crippen MR) is 55.4 cm³/mol. The molecule has 8 heteroatoms. The van der Waals surface area contributed by atoms with Crippen molar-refractivity contribution in [3.05, 3.63) is 12.7 Å². The lowest BCUT2D eigenvalue weighted by Crippen LogP contribution is -2.57. The zero-order valence-electron chi connectivity index (χ0n) is 8.80. The monoisotopic (exact) mass is 251 g/mol. The molecule has 0 spiro atoms. The van der Waals surface area contributed by atoms with Crippen molar-refractivity contribution in [2.24, 2.45) is 0 Å². The Hall–Kier alpha value is -1.41. The molecule has 92 valence electrons. The molecule has 16 heavy (non-hydrogen) atoms. The molecular weight excluding hydrogens is 238 g/mol. The molecule has 3 N–H and O–H groups in total. The summed E-state index contributed by atoms with van der Waals surface area (Å²) in [5.74, 6) is -2.49. The van der Waals surface area contributed by atoms with Crippen molar-refractivity contribution in [2.45, 2.75) is 24.6 Å². The summed E-state index contributed by atoms with van der Waals surface area (Å²) in [6, 6.07) is 0. The van der Waals surface area contributed by atoms with Crippen molar-refractivity contribution in [3.8, 4) is 0 Å². The van der Waals surface area contributed by atoms with Crippen molar-refractivity contribution in [3.63, 3.8) is 0 Å². The second-order valence-corrected chi connectivity index (χ2v) is 5.15. The Morgan fingerprint density at radius 3 is 2.12 bits per heavy atom. The largest absolute Gasteiger partial charge is 0.480 e. The quantitative estimate of drug-likeness (QED) is 0.443. The maximum atomic E-state index is 11.0. The summed E-state index contributed by atoms with van der Waals surface area (Å²) < 4.78 is 30.6. The zero-order valence-corrected chi connectivity index (χ0v) is 9.61. The molecule has 0 rings (SSSR count). The van der Waals surface area contributed by atoms with Crippen molar-refractivity contribution in [1.29, 1.82) is 0 Å². The van der Waals surface area contributed by atoms with Crippen molar-refractivity contribution in [2.75, 3.05) is 0 Å². The van der Waals surface area contributed by atoms with E-state index >= 15 is 0 Å². The van der Waals surface area contributed by atoms with Crippen molar-refractivity contribution < 1.29 is 27.7 Å². The molecule has 1 unspecified atom stereocenters. The average molecular weight is 251 g/mol. The number of carboxylic acid groups (broad SMARTS) is 1. The van der Waals surface area contributed by atoms with Crippen LogP contribution in [0.3, 0.4) is 0 Å². The highest BCUT2D eigenvalue weighted by molar-refractivity contribution is 7.87. The van der Waals surface area contributed by atoms with Gasteiger partial charge in [-0.1, -0.05) is 6.58 Å². The third-order valence-corrected chi connectivity index (χ3v) is 3.19. The van der Waals surface area contributed by atoms with Gasteiger partial charge < -0.3 is 10.4 Å². The summed E-state index contributed by atoms with van der Waals surface area (Å²) in [5.41, 5.74) is -1.66. The highest BCUT2D eigenvalue weighted by Crippen LogP contribution is 2.17. The maximum Gasteiger partial charge on any atom is 0.326 e. The third kappa shape index (κ3) is 3.63. The molecule has 0 aromatic heterocycles. The molecule has 0 aromatic rings. The molecule has 0 radical (unpaired) electrons. The lowest BCUT2D eigenvalue weighted by atomic mass is 10.00. The summed E-state index contributed by atoms with van der Waals surface area (Å²) >= 11 is 0. The Bertz CT molecular complexity index is 410. The van der Waals surface area contributed by atoms with E-state index in [-0.39, 0.29) is 0 Å². The molecule has 0 saturated carbocycles. The van der Waals surface area contributed by atoms with Crippen LogP contribution in [0.5, 0.6) is 0 Å². The molecular formula is C8H13NO6S. The van der Waals surface area contributed by atoms with Gasteiger partial charge in [0, 0.05) is 0 Å². The Kier molecular flexibility index (Phi) is 4.21. The first-order valence-electron chi connectivity index (χ1n) is 4.16. The lowest BCUT2D eigenvalue weighted by molar-refractivity contribution is -0.138. The van der Waals surface area contributed by atoms with Crippen molar-refractivity contribution in [1.82, 2.24) is 5.32 Å². The van der Waals surface area contributed by atoms with Gasteiger partial charge in [-0.25, -0.2) is 0 Å². The predicted octanol–water partition coefficient (Wildman–Crippen LogP) is -0.592. The number of hydrogen-bond donors (Lipinski definition) is 3. The molecule has 0 aromatic carbocycles. The number of hydrogen-bond acceptors (Lipinski definition) is 4. The molecule has 0 saturated heterocycles. The minimum Gasteiger partial charge on any atom is -0.480 e. The van der Waals surface area contributed by atoms with Gasteiger partial charge in [-0.2, -0.15) is 8.42 Å². The average Bonchev–Trinajstić information content (AvgIpc) is 1.97. The standard InChI is InChI=1S/C8H13NO6S/c1-4-5(10)9-8(2,3)6(7(11)12)16(13,14)15/h4,6H,1H2,2-3H3,(H,9,10)(H,11,12)(H,13,14,15). The summed E-state index contributed by atoms with van der Waals surface area (Å²) in [6.07, 6.45) is 0.866. The Labute approximate surface area is 92.9 Å². The van der Waals surface area contributed by atoms with E-state index < -0.39 is 32.8 Å². The Morgan fingerprint density at radius 2 is 1.88 bits per heavy atom. The smallest absolute Gasteiger partial charge is 0.326 e. The van der Waals surface area contributed by atoms with E-state index in [0.717, 1.165) is 6.08 Å². The first-order chi connectivity index (χ1) is 7.02. The fourth-order valence-corrected chi connectivity index (χ4v) is 2.30. The van der Waals surface area contributed by atoms with Crippen LogP contribution >= 0.6 is 0 Å². The van der Waals surface area contributed by atoms with Crippen LogP contribution < -0.4 is 5.32 Å². The number of rotatable bonds is 5. The number of aliphatic carboxylic acids is 1. The molecule has 0 aliphatic rings. The van der Waals surface area contributed by atoms with Crippen LogP contribution in [0.4, 0.5) is 0 Å². The third-order valence-electron chi connectivity index (χ3n) is 1.81. The van der Waals surface area contributed by atoms with E-state index in [1.807, 2.05) is 0 Å². The number of amides is 1. The molecule has 1 atom stereocenters. The van der Waals surface area contributed by atoms with Gasteiger partial charge in [-0.15, -0.1) is 0 Å². The zero-order chi connectivity index (χ0) is 13.1. The Morgan fingerprint density at radius 1 is 1.44 bits per heavy atom. The van der Waals surface area contributed by atoms with Gasteiger partial charge in [-0.3, -0.25) is 14.1 Å². The minimum atomic E-state index is -4.82. The molecule has 1 amide bonds. The van der Waals surface area contributed by atoms with E-state index in [1.54, 1.807) is 0 Å². The molecule has 7 nitrogen and oxygen atoms in total. The van der Waals surface area contributed by atoms with Gasteiger partial charge in [0.15, 0.2) is 0 Å². The van der Waals surface area contributed by atoms with E-state index in [9.17, 15) is 18.0 Å². The minimum absolute atomic E-state index is 0.736. The van der Waals surface area contributed by atoms with Crippen LogP contribution in [0, 0.1) is 0 Å². The van der Waals surface area contributed by atoms with Crippen LogP contribution in [0.25, 0.3) is 0 Å². The molecule has 0 fully saturated rings.